The average molecular weight is 503 g/mol. The minimum Gasteiger partial charge on any atom is -0.394 e. The van der Waals surface area contributed by atoms with E-state index in [0.29, 0.717) is 36.3 Å². The largest absolute Gasteiger partial charge is 0.394 e. The van der Waals surface area contributed by atoms with E-state index in [9.17, 15) is 9.90 Å². The van der Waals surface area contributed by atoms with Crippen LogP contribution >= 0.6 is 0 Å². The number of amides is 1. The average Bonchev–Trinajstić information content (AvgIpc) is 2.89. The molecule has 3 N–H and O–H groups in total. The van der Waals surface area contributed by atoms with Crippen molar-refractivity contribution in [3.8, 4) is 11.1 Å². The molecule has 5 rings (SSSR count). The fraction of sp³-hybridized carbons (Fsp3) is 0.429. The van der Waals surface area contributed by atoms with Gasteiger partial charge in [-0.2, -0.15) is 5.10 Å². The van der Waals surface area contributed by atoms with Gasteiger partial charge >= 0.3 is 0 Å². The third-order valence-corrected chi connectivity index (χ3v) is 7.11. The lowest BCUT2D eigenvalue weighted by Crippen LogP contribution is -2.37. The lowest BCUT2D eigenvalue weighted by Gasteiger charge is -2.29. The molecule has 0 radical (unpaired) electrons. The lowest BCUT2D eigenvalue weighted by molar-refractivity contribution is 0.102. The first-order valence-electron chi connectivity index (χ1n) is 13.0. The highest BCUT2D eigenvalue weighted by molar-refractivity contribution is 6.03. The zero-order chi connectivity index (χ0) is 25.8. The van der Waals surface area contributed by atoms with Crippen molar-refractivity contribution >= 4 is 23.2 Å². The Kier molecular flexibility index (Phi) is 7.62. The first-order chi connectivity index (χ1) is 18.0. The Labute approximate surface area is 217 Å². The highest BCUT2D eigenvalue weighted by atomic mass is 16.5. The second-order valence-corrected chi connectivity index (χ2v) is 9.91. The summed E-state index contributed by atoms with van der Waals surface area (Å²) in [5.74, 6) is 1.76. The van der Waals surface area contributed by atoms with Gasteiger partial charge in [0.15, 0.2) is 5.69 Å². The molecule has 0 unspecified atom stereocenters. The number of aliphatic hydroxyl groups is 1. The molecule has 2 aliphatic rings. The predicted octanol–water partition coefficient (Wildman–Crippen LogP) is 4.00. The van der Waals surface area contributed by atoms with E-state index < -0.39 is 0 Å². The number of aromatic nitrogens is 3. The van der Waals surface area contributed by atoms with E-state index in [4.69, 9.17) is 9.72 Å². The number of benzene rings is 1. The van der Waals surface area contributed by atoms with Crippen LogP contribution in [-0.4, -0.2) is 65.1 Å². The van der Waals surface area contributed by atoms with Crippen LogP contribution in [0, 0.1) is 6.92 Å². The molecule has 2 aromatic heterocycles. The fourth-order valence-corrected chi connectivity index (χ4v) is 4.66. The van der Waals surface area contributed by atoms with E-state index in [2.05, 4.69) is 31.8 Å². The number of carbonyl (C=O) groups excluding carboxylic acids is 1. The van der Waals surface area contributed by atoms with Gasteiger partial charge in [-0.25, -0.2) is 4.98 Å². The molecule has 0 spiro atoms. The Morgan fingerprint density at radius 2 is 2.00 bits per heavy atom. The van der Waals surface area contributed by atoms with Gasteiger partial charge in [0, 0.05) is 24.8 Å². The van der Waals surface area contributed by atoms with Crippen LogP contribution in [0.5, 0.6) is 0 Å². The summed E-state index contributed by atoms with van der Waals surface area (Å²) in [6.07, 6.45) is 5.27. The number of nitrogens with one attached hydrogen (secondary N) is 2. The topological polar surface area (TPSA) is 112 Å². The number of nitrogens with zero attached hydrogens (tertiary/aromatic N) is 4. The van der Waals surface area contributed by atoms with E-state index in [1.165, 1.54) is 6.42 Å². The molecule has 194 valence electrons. The molecule has 3 aromatic rings. The van der Waals surface area contributed by atoms with Gasteiger partial charge in [-0.3, -0.25) is 4.79 Å². The van der Waals surface area contributed by atoms with Crippen molar-refractivity contribution in [2.24, 2.45) is 0 Å². The molecule has 3 heterocycles. The second-order valence-electron chi connectivity index (χ2n) is 9.91. The highest BCUT2D eigenvalue weighted by Gasteiger charge is 2.22. The number of ether oxygens (including phenoxy) is 1. The number of hydrogen-bond donors (Lipinski definition) is 3. The van der Waals surface area contributed by atoms with Crippen molar-refractivity contribution in [3.05, 3.63) is 59.4 Å². The highest BCUT2D eigenvalue weighted by Crippen LogP contribution is 2.36. The molecule has 1 aromatic carbocycles. The van der Waals surface area contributed by atoms with Gasteiger partial charge in [-0.05, 0) is 85.2 Å². The van der Waals surface area contributed by atoms with Crippen molar-refractivity contribution in [1.29, 1.82) is 0 Å². The van der Waals surface area contributed by atoms with Crippen molar-refractivity contribution in [2.75, 3.05) is 48.4 Å². The van der Waals surface area contributed by atoms with E-state index in [1.54, 1.807) is 6.20 Å². The Bertz CT molecular complexity index is 1260. The summed E-state index contributed by atoms with van der Waals surface area (Å²) in [7, 11) is 0. The zero-order valence-electron chi connectivity index (χ0n) is 21.4. The summed E-state index contributed by atoms with van der Waals surface area (Å²) in [6, 6.07) is 11.7. The first-order valence-corrected chi connectivity index (χ1v) is 13.0. The van der Waals surface area contributed by atoms with Crippen LogP contribution < -0.4 is 15.5 Å². The van der Waals surface area contributed by atoms with Crippen LogP contribution in [-0.2, 0) is 4.74 Å². The molecule has 1 aliphatic heterocycles. The van der Waals surface area contributed by atoms with E-state index in [-0.39, 0.29) is 18.6 Å². The summed E-state index contributed by atoms with van der Waals surface area (Å²) < 4.78 is 5.52. The third kappa shape index (κ3) is 5.89. The van der Waals surface area contributed by atoms with Crippen LogP contribution in [0.2, 0.25) is 0 Å². The maximum atomic E-state index is 13.0. The quantitative estimate of drug-likeness (QED) is 0.424. The van der Waals surface area contributed by atoms with Gasteiger partial charge in [0.25, 0.3) is 5.91 Å². The normalized spacial score (nSPS) is 16.7. The number of aliphatic hydroxyl groups excluding tert-OH is 1. The number of aryl methyl sites for hydroxylation is 1. The number of pyridine rings is 1. The molecular formula is C28H34N6O3. The zero-order valence-corrected chi connectivity index (χ0v) is 21.4. The Hall–Kier alpha value is -3.56. The van der Waals surface area contributed by atoms with Crippen LogP contribution in [0.4, 0.5) is 17.3 Å². The van der Waals surface area contributed by atoms with Crippen LogP contribution in [0.3, 0.4) is 0 Å². The smallest absolute Gasteiger partial charge is 0.276 e. The van der Waals surface area contributed by atoms with Crippen LogP contribution in [0.1, 0.15) is 53.7 Å². The molecule has 9 heteroatoms. The van der Waals surface area contributed by atoms with Crippen molar-refractivity contribution in [3.63, 3.8) is 0 Å². The minimum absolute atomic E-state index is 0.00415. The van der Waals surface area contributed by atoms with Crippen LogP contribution in [0.15, 0.2) is 42.6 Å². The summed E-state index contributed by atoms with van der Waals surface area (Å²) in [6.45, 7) is 6.81. The summed E-state index contributed by atoms with van der Waals surface area (Å²) >= 11 is 0. The molecule has 1 saturated heterocycles. The number of hydrogen-bond acceptors (Lipinski definition) is 8. The SMILES string of the molecule is Cc1ccc(NC(=O)c2cc(C3CCC3)cnn2)cc1-c1cc(N[C@H](C)CO)nc(N2CCOCC2)c1. The van der Waals surface area contributed by atoms with Crippen molar-refractivity contribution < 1.29 is 14.6 Å². The maximum absolute atomic E-state index is 13.0. The van der Waals surface area contributed by atoms with Crippen LogP contribution in [0.25, 0.3) is 11.1 Å². The molecule has 1 atom stereocenters. The molecule has 1 saturated carbocycles. The maximum Gasteiger partial charge on any atom is 0.276 e. The molecule has 37 heavy (non-hydrogen) atoms. The molecular weight excluding hydrogens is 468 g/mol. The molecule has 9 nitrogen and oxygen atoms in total. The Morgan fingerprint density at radius 1 is 1.19 bits per heavy atom. The number of morpholine rings is 1. The molecule has 2 fully saturated rings. The lowest BCUT2D eigenvalue weighted by atomic mass is 9.81. The summed E-state index contributed by atoms with van der Waals surface area (Å²) in [4.78, 5) is 20.0. The van der Waals surface area contributed by atoms with Gasteiger partial charge in [0.2, 0.25) is 0 Å². The van der Waals surface area contributed by atoms with Gasteiger partial charge in [0.1, 0.15) is 11.6 Å². The monoisotopic (exact) mass is 502 g/mol. The fourth-order valence-electron chi connectivity index (χ4n) is 4.66. The van der Waals surface area contributed by atoms with Gasteiger partial charge in [-0.1, -0.05) is 12.5 Å². The predicted molar refractivity (Wildman–Crippen MR) is 144 cm³/mol. The standard InChI is InChI=1S/C28H34N6O3/c1-18-6-7-23(31-28(36)25-12-22(16-29-33-25)20-4-3-5-20)15-24(18)21-13-26(30-19(2)17-35)32-27(14-21)34-8-10-37-11-9-34/h6-7,12-16,19-20,35H,3-5,8-11,17H2,1-2H3,(H,30,32)(H,31,36)/t19-/m1/s1. The van der Waals surface area contributed by atoms with Gasteiger partial charge in [-0.15, -0.1) is 5.10 Å². The molecule has 1 amide bonds. The van der Waals surface area contributed by atoms with Crippen molar-refractivity contribution in [1.82, 2.24) is 15.2 Å². The third-order valence-electron chi connectivity index (χ3n) is 7.11. The first kappa shape index (κ1) is 25.1. The molecule has 1 aliphatic carbocycles. The molecule has 0 bridgehead atoms. The minimum atomic E-state index is -0.272. The Balaban J connectivity index is 1.43. The number of rotatable bonds is 8. The van der Waals surface area contributed by atoms with Crippen molar-refractivity contribution in [2.45, 2.75) is 45.1 Å². The van der Waals surface area contributed by atoms with Gasteiger partial charge in [0.05, 0.1) is 26.0 Å². The van der Waals surface area contributed by atoms with E-state index in [1.807, 2.05) is 44.2 Å². The summed E-state index contributed by atoms with van der Waals surface area (Å²) in [5, 5.41) is 24.0. The number of anilines is 3. The van der Waals surface area contributed by atoms with E-state index >= 15 is 0 Å². The number of carbonyl (C=O) groups is 1. The summed E-state index contributed by atoms with van der Waals surface area (Å²) in [5.41, 5.74) is 5.14. The van der Waals surface area contributed by atoms with Gasteiger partial charge < -0.3 is 25.4 Å². The van der Waals surface area contributed by atoms with E-state index in [0.717, 1.165) is 54.0 Å². The second kappa shape index (κ2) is 11.2. The Morgan fingerprint density at radius 3 is 2.73 bits per heavy atom.